The van der Waals surface area contributed by atoms with E-state index >= 15 is 0 Å². The van der Waals surface area contributed by atoms with Crippen LogP contribution in [0.3, 0.4) is 0 Å². The van der Waals surface area contributed by atoms with E-state index in [0.29, 0.717) is 15.4 Å². The van der Waals surface area contributed by atoms with Crippen molar-refractivity contribution in [3.8, 4) is 5.75 Å². The molecule has 1 aliphatic rings. The lowest BCUT2D eigenvalue weighted by atomic mass is 10.1. The number of ether oxygens (including phenoxy) is 1. The highest BCUT2D eigenvalue weighted by Gasteiger charge is 2.42. The van der Waals surface area contributed by atoms with E-state index in [9.17, 15) is 13.2 Å². The molecular formula is C13H9BrF3NO2. The SMILES string of the molecule is CNC1C=C(C(F)(F)F)c2oc3c(Br)cccc3c2O1. The Morgan fingerprint density at radius 2 is 2.05 bits per heavy atom. The van der Waals surface area contributed by atoms with Crippen molar-refractivity contribution in [1.82, 2.24) is 5.32 Å². The van der Waals surface area contributed by atoms with Crippen LogP contribution in [0.15, 0.2) is 33.2 Å². The molecule has 2 heterocycles. The Kier molecular flexibility index (Phi) is 3.06. The van der Waals surface area contributed by atoms with E-state index in [4.69, 9.17) is 9.15 Å². The quantitative estimate of drug-likeness (QED) is 0.843. The van der Waals surface area contributed by atoms with Gasteiger partial charge in [0, 0.05) is 0 Å². The summed E-state index contributed by atoms with van der Waals surface area (Å²) < 4.78 is 50.9. The summed E-state index contributed by atoms with van der Waals surface area (Å²) in [5.41, 5.74) is -0.495. The first-order chi connectivity index (χ1) is 9.41. The number of benzene rings is 1. The van der Waals surface area contributed by atoms with Gasteiger partial charge in [0.15, 0.2) is 23.3 Å². The number of halogens is 4. The fourth-order valence-electron chi connectivity index (χ4n) is 2.11. The molecule has 1 aromatic heterocycles. The van der Waals surface area contributed by atoms with Crippen molar-refractivity contribution in [2.75, 3.05) is 7.05 Å². The highest BCUT2D eigenvalue weighted by atomic mass is 79.9. The molecule has 0 radical (unpaired) electrons. The number of rotatable bonds is 1. The van der Waals surface area contributed by atoms with Crippen LogP contribution in [0.2, 0.25) is 0 Å². The Bertz CT molecular complexity index is 705. The van der Waals surface area contributed by atoms with E-state index in [2.05, 4.69) is 21.2 Å². The van der Waals surface area contributed by atoms with Crippen molar-refractivity contribution in [3.05, 3.63) is 34.5 Å². The molecule has 0 spiro atoms. The zero-order valence-electron chi connectivity index (χ0n) is 10.2. The van der Waals surface area contributed by atoms with Crippen LogP contribution in [-0.4, -0.2) is 19.5 Å². The molecule has 106 valence electrons. The number of fused-ring (bicyclic) bond motifs is 3. The van der Waals surface area contributed by atoms with Gasteiger partial charge in [0.05, 0.1) is 9.86 Å². The molecule has 1 N–H and O–H groups in total. The second kappa shape index (κ2) is 4.53. The van der Waals surface area contributed by atoms with Crippen LogP contribution < -0.4 is 10.1 Å². The van der Waals surface area contributed by atoms with Crippen molar-refractivity contribution in [3.63, 3.8) is 0 Å². The number of hydrogen-bond acceptors (Lipinski definition) is 3. The Balaban J connectivity index is 2.29. The van der Waals surface area contributed by atoms with Crippen LogP contribution in [0.5, 0.6) is 5.75 Å². The molecule has 0 saturated heterocycles. The summed E-state index contributed by atoms with van der Waals surface area (Å²) in [7, 11) is 1.53. The van der Waals surface area contributed by atoms with Gasteiger partial charge in [-0.05, 0) is 41.2 Å². The highest BCUT2D eigenvalue weighted by Crippen LogP contribution is 2.47. The first kappa shape index (κ1) is 13.5. The average molecular weight is 348 g/mol. The second-order valence-corrected chi connectivity index (χ2v) is 5.14. The monoisotopic (exact) mass is 347 g/mol. The molecule has 0 amide bonds. The zero-order chi connectivity index (χ0) is 14.5. The first-order valence-corrected chi connectivity index (χ1v) is 6.55. The van der Waals surface area contributed by atoms with E-state index in [1.165, 1.54) is 7.05 Å². The summed E-state index contributed by atoms with van der Waals surface area (Å²) in [5.74, 6) is -0.179. The van der Waals surface area contributed by atoms with Crippen LogP contribution in [0.1, 0.15) is 5.76 Å². The maximum atomic E-state index is 13.1. The molecule has 3 nitrogen and oxygen atoms in total. The summed E-state index contributed by atoms with van der Waals surface area (Å²) in [5, 5.41) is 3.17. The third-order valence-corrected chi connectivity index (χ3v) is 3.64. The molecule has 1 unspecified atom stereocenters. The minimum absolute atomic E-state index is 0.107. The maximum Gasteiger partial charge on any atom is 0.420 e. The van der Waals surface area contributed by atoms with Crippen LogP contribution in [0.25, 0.3) is 16.5 Å². The molecule has 7 heteroatoms. The van der Waals surface area contributed by atoms with Crippen molar-refractivity contribution >= 4 is 32.5 Å². The molecule has 20 heavy (non-hydrogen) atoms. The number of likely N-dealkylation sites (N-methyl/N-ethyl adjacent to an activating group) is 1. The zero-order valence-corrected chi connectivity index (χ0v) is 11.8. The molecule has 1 aliphatic heterocycles. The third kappa shape index (κ3) is 2.01. The largest absolute Gasteiger partial charge is 0.467 e. The van der Waals surface area contributed by atoms with Crippen LogP contribution in [0, 0.1) is 0 Å². The Hall–Kier alpha value is -1.47. The van der Waals surface area contributed by atoms with Gasteiger partial charge in [-0.15, -0.1) is 0 Å². The van der Waals surface area contributed by atoms with Crippen molar-refractivity contribution in [1.29, 1.82) is 0 Å². The highest BCUT2D eigenvalue weighted by molar-refractivity contribution is 9.10. The third-order valence-electron chi connectivity index (χ3n) is 3.02. The standard InChI is InChI=1S/C13H9BrF3NO2/c1-18-9-5-7(13(15,16)17)12-11(19-9)6-3-2-4-8(14)10(6)20-12/h2-5,9,18H,1H3. The number of hydrogen-bond donors (Lipinski definition) is 1. The fourth-order valence-corrected chi connectivity index (χ4v) is 2.56. The van der Waals surface area contributed by atoms with Gasteiger partial charge in [0.2, 0.25) is 0 Å². The van der Waals surface area contributed by atoms with Crippen molar-refractivity contribution < 1.29 is 22.3 Å². The summed E-state index contributed by atoms with van der Waals surface area (Å²) in [6, 6.07) is 5.07. The number of alkyl halides is 3. The lowest BCUT2D eigenvalue weighted by molar-refractivity contribution is -0.0714. The molecule has 1 atom stereocenters. The number of furan rings is 1. The van der Waals surface area contributed by atoms with E-state index in [-0.39, 0.29) is 11.5 Å². The van der Waals surface area contributed by atoms with Gasteiger partial charge >= 0.3 is 6.18 Å². The number of allylic oxidation sites excluding steroid dienone is 1. The maximum absolute atomic E-state index is 13.1. The molecule has 0 aliphatic carbocycles. The fraction of sp³-hybridized carbons (Fsp3) is 0.231. The molecule has 2 aromatic rings. The smallest absolute Gasteiger partial charge is 0.420 e. The molecule has 0 saturated carbocycles. The number of para-hydroxylation sites is 1. The van der Waals surface area contributed by atoms with Crippen molar-refractivity contribution in [2.24, 2.45) is 0 Å². The van der Waals surface area contributed by atoms with Crippen LogP contribution >= 0.6 is 15.9 Å². The van der Waals surface area contributed by atoms with Gasteiger partial charge in [-0.1, -0.05) is 6.07 Å². The van der Waals surface area contributed by atoms with Gasteiger partial charge in [-0.25, -0.2) is 0 Å². The Labute approximate surface area is 120 Å². The predicted octanol–water partition coefficient (Wildman–Crippen LogP) is 4.08. The molecule has 3 rings (SSSR count). The van der Waals surface area contributed by atoms with Gasteiger partial charge < -0.3 is 9.15 Å². The second-order valence-electron chi connectivity index (χ2n) is 4.28. The Morgan fingerprint density at radius 3 is 2.70 bits per heavy atom. The summed E-state index contributed by atoms with van der Waals surface area (Å²) in [6.45, 7) is 0. The van der Waals surface area contributed by atoms with Gasteiger partial charge in [-0.2, -0.15) is 13.2 Å². The molecule has 0 bridgehead atoms. The predicted molar refractivity (Wildman–Crippen MR) is 71.4 cm³/mol. The number of nitrogens with one attached hydrogen (secondary N) is 1. The van der Waals surface area contributed by atoms with Gasteiger partial charge in [0.1, 0.15) is 5.57 Å². The van der Waals surface area contributed by atoms with Crippen LogP contribution in [-0.2, 0) is 0 Å². The summed E-state index contributed by atoms with van der Waals surface area (Å²) in [6.07, 6.45) is -4.38. The van der Waals surface area contributed by atoms with Crippen molar-refractivity contribution in [2.45, 2.75) is 12.4 Å². The lowest BCUT2D eigenvalue weighted by Gasteiger charge is -2.22. The first-order valence-electron chi connectivity index (χ1n) is 5.76. The van der Waals surface area contributed by atoms with Crippen LogP contribution in [0.4, 0.5) is 13.2 Å². The molecule has 1 aromatic carbocycles. The van der Waals surface area contributed by atoms with Gasteiger partial charge in [0.25, 0.3) is 0 Å². The lowest BCUT2D eigenvalue weighted by Crippen LogP contribution is -2.33. The normalized spacial score (nSPS) is 18.6. The minimum Gasteiger partial charge on any atom is -0.467 e. The molecule has 0 fully saturated rings. The Morgan fingerprint density at radius 1 is 1.30 bits per heavy atom. The molecular weight excluding hydrogens is 339 g/mol. The average Bonchev–Trinajstić information content (AvgIpc) is 2.76. The van der Waals surface area contributed by atoms with E-state index in [0.717, 1.165) is 6.08 Å². The minimum atomic E-state index is -4.51. The van der Waals surface area contributed by atoms with Gasteiger partial charge in [-0.3, -0.25) is 5.32 Å². The summed E-state index contributed by atoms with van der Waals surface area (Å²) in [4.78, 5) is 0. The van der Waals surface area contributed by atoms with E-state index < -0.39 is 18.0 Å². The van der Waals surface area contributed by atoms with E-state index in [1.54, 1.807) is 18.2 Å². The summed E-state index contributed by atoms with van der Waals surface area (Å²) >= 11 is 3.26. The topological polar surface area (TPSA) is 34.4 Å². The van der Waals surface area contributed by atoms with E-state index in [1.807, 2.05) is 0 Å².